The highest BCUT2D eigenvalue weighted by Crippen LogP contribution is 2.25. The van der Waals surface area contributed by atoms with E-state index < -0.39 is 18.6 Å². The maximum Gasteiger partial charge on any atom is 0.389 e. The number of ether oxygens (including phenoxy) is 2. The molecule has 0 radical (unpaired) electrons. The minimum absolute atomic E-state index is 0.130. The van der Waals surface area contributed by atoms with Gasteiger partial charge < -0.3 is 15.2 Å². The number of alkyl halides is 3. The lowest BCUT2D eigenvalue weighted by molar-refractivity contribution is -0.136. The van der Waals surface area contributed by atoms with E-state index in [-0.39, 0.29) is 30.9 Å². The highest BCUT2D eigenvalue weighted by atomic mass is 19.4. The first-order chi connectivity index (χ1) is 9.33. The van der Waals surface area contributed by atoms with Gasteiger partial charge in [-0.2, -0.15) is 13.2 Å². The molecular formula is C13H16F3NO3. The number of anilines is 1. The van der Waals surface area contributed by atoms with Crippen LogP contribution in [0.1, 0.15) is 30.1 Å². The summed E-state index contributed by atoms with van der Waals surface area (Å²) in [6.45, 7) is 1.69. The van der Waals surface area contributed by atoms with Crippen molar-refractivity contribution in [2.75, 3.05) is 18.9 Å². The van der Waals surface area contributed by atoms with E-state index >= 15 is 0 Å². The van der Waals surface area contributed by atoms with Crippen molar-refractivity contribution in [1.29, 1.82) is 0 Å². The molecule has 1 aromatic carbocycles. The van der Waals surface area contributed by atoms with Crippen molar-refractivity contribution in [2.24, 2.45) is 0 Å². The Bertz CT molecular complexity index is 461. The zero-order valence-electron chi connectivity index (χ0n) is 11.0. The third-order valence-electron chi connectivity index (χ3n) is 2.36. The molecular weight excluding hydrogens is 275 g/mol. The van der Waals surface area contributed by atoms with E-state index in [1.165, 1.54) is 18.2 Å². The van der Waals surface area contributed by atoms with Crippen LogP contribution in [0.3, 0.4) is 0 Å². The van der Waals surface area contributed by atoms with Gasteiger partial charge in [0.1, 0.15) is 11.3 Å². The standard InChI is InChI=1S/C13H16F3NO3/c1-2-19-12(18)10-5-4-9(17)8-11(10)20-7-3-6-13(14,15)16/h4-5,8H,2-3,6-7,17H2,1H3. The van der Waals surface area contributed by atoms with Gasteiger partial charge in [-0.05, 0) is 25.5 Å². The number of halogens is 3. The fourth-order valence-electron chi connectivity index (χ4n) is 1.49. The van der Waals surface area contributed by atoms with Crippen molar-refractivity contribution in [3.05, 3.63) is 23.8 Å². The van der Waals surface area contributed by atoms with Gasteiger partial charge in [0, 0.05) is 18.2 Å². The molecule has 1 aromatic rings. The summed E-state index contributed by atoms with van der Waals surface area (Å²) in [4.78, 5) is 11.6. The van der Waals surface area contributed by atoms with Crippen LogP contribution >= 0.6 is 0 Å². The molecule has 0 atom stereocenters. The zero-order chi connectivity index (χ0) is 15.2. The van der Waals surface area contributed by atoms with E-state index in [4.69, 9.17) is 15.2 Å². The molecule has 0 heterocycles. The molecule has 0 fully saturated rings. The highest BCUT2D eigenvalue weighted by molar-refractivity contribution is 5.93. The molecule has 112 valence electrons. The van der Waals surface area contributed by atoms with Crippen LogP contribution in [0.2, 0.25) is 0 Å². The van der Waals surface area contributed by atoms with Gasteiger partial charge in [0.25, 0.3) is 0 Å². The van der Waals surface area contributed by atoms with Crippen LogP contribution in [0.25, 0.3) is 0 Å². The number of hydrogen-bond donors (Lipinski definition) is 1. The van der Waals surface area contributed by atoms with Gasteiger partial charge >= 0.3 is 12.1 Å². The predicted molar refractivity (Wildman–Crippen MR) is 67.6 cm³/mol. The van der Waals surface area contributed by atoms with Crippen molar-refractivity contribution in [3.63, 3.8) is 0 Å². The molecule has 0 saturated carbocycles. The Kier molecular flexibility index (Phi) is 5.66. The summed E-state index contributed by atoms with van der Waals surface area (Å²) in [6, 6.07) is 4.31. The molecule has 4 nitrogen and oxygen atoms in total. The SMILES string of the molecule is CCOC(=O)c1ccc(N)cc1OCCCC(F)(F)F. The van der Waals surface area contributed by atoms with Crippen LogP contribution in [-0.2, 0) is 4.74 Å². The molecule has 0 spiro atoms. The predicted octanol–water partition coefficient (Wildman–Crippen LogP) is 3.17. The average molecular weight is 291 g/mol. The van der Waals surface area contributed by atoms with E-state index in [0.29, 0.717) is 5.69 Å². The van der Waals surface area contributed by atoms with Crippen molar-refractivity contribution in [1.82, 2.24) is 0 Å². The van der Waals surface area contributed by atoms with Gasteiger partial charge in [0.15, 0.2) is 0 Å². The lowest BCUT2D eigenvalue weighted by atomic mass is 10.2. The molecule has 1 rings (SSSR count). The summed E-state index contributed by atoms with van der Waals surface area (Å²) in [5, 5.41) is 0. The average Bonchev–Trinajstić information content (AvgIpc) is 2.34. The summed E-state index contributed by atoms with van der Waals surface area (Å²) in [6.07, 6.45) is -5.35. The molecule has 0 bridgehead atoms. The van der Waals surface area contributed by atoms with Crippen molar-refractivity contribution in [2.45, 2.75) is 25.9 Å². The molecule has 0 aliphatic heterocycles. The second-order valence-corrected chi connectivity index (χ2v) is 4.04. The van der Waals surface area contributed by atoms with E-state index in [2.05, 4.69) is 0 Å². The Hall–Kier alpha value is -1.92. The Morgan fingerprint density at radius 1 is 1.35 bits per heavy atom. The highest BCUT2D eigenvalue weighted by Gasteiger charge is 2.26. The fourth-order valence-corrected chi connectivity index (χ4v) is 1.49. The molecule has 0 aliphatic rings. The van der Waals surface area contributed by atoms with Gasteiger partial charge in [-0.25, -0.2) is 4.79 Å². The number of carbonyl (C=O) groups excluding carboxylic acids is 1. The second-order valence-electron chi connectivity index (χ2n) is 4.04. The largest absolute Gasteiger partial charge is 0.493 e. The maximum atomic E-state index is 12.0. The fraction of sp³-hybridized carbons (Fsp3) is 0.462. The molecule has 0 aromatic heterocycles. The number of nitrogens with two attached hydrogens (primary N) is 1. The van der Waals surface area contributed by atoms with Gasteiger partial charge in [-0.3, -0.25) is 0 Å². The van der Waals surface area contributed by atoms with Crippen molar-refractivity contribution >= 4 is 11.7 Å². The van der Waals surface area contributed by atoms with Crippen molar-refractivity contribution < 1.29 is 27.4 Å². The minimum Gasteiger partial charge on any atom is -0.493 e. The summed E-state index contributed by atoms with van der Waals surface area (Å²) in [5.74, 6) is -0.469. The van der Waals surface area contributed by atoms with Crippen LogP contribution in [0.5, 0.6) is 5.75 Å². The Labute approximate surface area is 114 Å². The van der Waals surface area contributed by atoms with Crippen LogP contribution in [0, 0.1) is 0 Å². The molecule has 0 saturated heterocycles. The van der Waals surface area contributed by atoms with Crippen LogP contribution in [0.4, 0.5) is 18.9 Å². The minimum atomic E-state index is -4.22. The molecule has 2 N–H and O–H groups in total. The zero-order valence-corrected chi connectivity index (χ0v) is 11.0. The molecule has 20 heavy (non-hydrogen) atoms. The van der Waals surface area contributed by atoms with Crippen LogP contribution < -0.4 is 10.5 Å². The number of esters is 1. The maximum absolute atomic E-state index is 12.0. The number of carbonyl (C=O) groups is 1. The summed E-state index contributed by atoms with van der Waals surface area (Å²) >= 11 is 0. The topological polar surface area (TPSA) is 61.5 Å². The van der Waals surface area contributed by atoms with Crippen LogP contribution in [-0.4, -0.2) is 25.4 Å². The van der Waals surface area contributed by atoms with Gasteiger partial charge in [-0.15, -0.1) is 0 Å². The van der Waals surface area contributed by atoms with E-state index in [1.807, 2.05) is 0 Å². The number of nitrogen functional groups attached to an aromatic ring is 1. The third kappa shape index (κ3) is 5.38. The second kappa shape index (κ2) is 7.02. The van der Waals surface area contributed by atoms with E-state index in [9.17, 15) is 18.0 Å². The first kappa shape index (κ1) is 16.1. The monoisotopic (exact) mass is 291 g/mol. The van der Waals surface area contributed by atoms with Crippen molar-refractivity contribution in [3.8, 4) is 5.75 Å². The Balaban J connectivity index is 2.68. The molecule has 0 unspecified atom stereocenters. The lowest BCUT2D eigenvalue weighted by Crippen LogP contribution is -2.12. The number of rotatable bonds is 6. The summed E-state index contributed by atoms with van der Waals surface area (Å²) in [7, 11) is 0. The van der Waals surface area contributed by atoms with E-state index in [0.717, 1.165) is 0 Å². The van der Waals surface area contributed by atoms with Gasteiger partial charge in [-0.1, -0.05) is 0 Å². The Morgan fingerprint density at radius 2 is 2.05 bits per heavy atom. The van der Waals surface area contributed by atoms with E-state index in [1.54, 1.807) is 6.92 Å². The van der Waals surface area contributed by atoms with Crippen LogP contribution in [0.15, 0.2) is 18.2 Å². The van der Waals surface area contributed by atoms with Gasteiger partial charge in [0.2, 0.25) is 0 Å². The lowest BCUT2D eigenvalue weighted by Gasteiger charge is -2.12. The quantitative estimate of drug-likeness (QED) is 0.497. The molecule has 0 amide bonds. The van der Waals surface area contributed by atoms with Gasteiger partial charge in [0.05, 0.1) is 13.2 Å². The Morgan fingerprint density at radius 3 is 2.65 bits per heavy atom. The molecule has 7 heteroatoms. The first-order valence-corrected chi connectivity index (χ1v) is 6.09. The first-order valence-electron chi connectivity index (χ1n) is 6.09. The smallest absolute Gasteiger partial charge is 0.389 e. The summed E-state index contributed by atoms with van der Waals surface area (Å²) < 4.78 is 46.0. The summed E-state index contributed by atoms with van der Waals surface area (Å²) in [5.41, 5.74) is 6.06. The number of benzene rings is 1. The number of hydrogen-bond acceptors (Lipinski definition) is 4. The normalized spacial score (nSPS) is 11.2. The third-order valence-corrected chi connectivity index (χ3v) is 2.36. The molecule has 0 aliphatic carbocycles.